The Balaban J connectivity index is 2.88. The summed E-state index contributed by atoms with van der Waals surface area (Å²) in [5.41, 5.74) is 5.61. The molecule has 0 fully saturated rings. The summed E-state index contributed by atoms with van der Waals surface area (Å²) in [6.07, 6.45) is 0.781. The molecule has 0 radical (unpaired) electrons. The summed E-state index contributed by atoms with van der Waals surface area (Å²) in [5, 5.41) is 8.87. The van der Waals surface area contributed by atoms with E-state index >= 15 is 0 Å². The van der Waals surface area contributed by atoms with Crippen LogP contribution in [-0.4, -0.2) is 35.6 Å². The molecule has 0 atom stereocenters. The monoisotopic (exact) mass is 240 g/mol. The smallest absolute Gasteiger partial charge is 0.254 e. The molecule has 0 unspecified atom stereocenters. The zero-order valence-electron chi connectivity index (χ0n) is 9.82. The number of aliphatic hydroxyl groups excluding tert-OH is 1. The fraction of sp³-hybridized carbons (Fsp3) is 0.417. The number of hydrogen-bond acceptors (Lipinski definition) is 3. The predicted octanol–water partition coefficient (Wildman–Crippen LogP) is 1.25. The lowest BCUT2D eigenvalue weighted by molar-refractivity contribution is 0.0721. The maximum absolute atomic E-state index is 13.2. The molecule has 1 rings (SSSR count). The standard InChI is InChI=1S/C12H17FN2O2/c1-2-5-15(6-7-16)12(17)9-3-4-11(14)10(13)8-9/h3-4,8,16H,2,5-7,14H2,1H3. The first-order valence-corrected chi connectivity index (χ1v) is 5.55. The molecule has 3 N–H and O–H groups in total. The molecule has 1 aromatic rings. The quantitative estimate of drug-likeness (QED) is 0.761. The fourth-order valence-electron chi connectivity index (χ4n) is 1.55. The van der Waals surface area contributed by atoms with E-state index in [0.29, 0.717) is 6.54 Å². The Morgan fingerprint density at radius 2 is 2.18 bits per heavy atom. The Morgan fingerprint density at radius 1 is 1.47 bits per heavy atom. The minimum absolute atomic E-state index is 0.0192. The normalized spacial score (nSPS) is 10.3. The van der Waals surface area contributed by atoms with Crippen LogP contribution in [0.2, 0.25) is 0 Å². The number of hydrogen-bond donors (Lipinski definition) is 2. The van der Waals surface area contributed by atoms with Gasteiger partial charge in [-0.1, -0.05) is 6.92 Å². The SMILES string of the molecule is CCCN(CCO)C(=O)c1ccc(N)c(F)c1. The zero-order valence-corrected chi connectivity index (χ0v) is 9.82. The van der Waals surface area contributed by atoms with Crippen LogP contribution in [0.1, 0.15) is 23.7 Å². The second kappa shape index (κ2) is 6.20. The molecule has 1 aromatic carbocycles. The van der Waals surface area contributed by atoms with Gasteiger partial charge < -0.3 is 15.7 Å². The van der Waals surface area contributed by atoms with Crippen molar-refractivity contribution in [2.45, 2.75) is 13.3 Å². The number of carbonyl (C=O) groups excluding carboxylic acids is 1. The number of nitrogens with two attached hydrogens (primary N) is 1. The van der Waals surface area contributed by atoms with Gasteiger partial charge in [-0.15, -0.1) is 0 Å². The van der Waals surface area contributed by atoms with Crippen LogP contribution in [-0.2, 0) is 0 Å². The Morgan fingerprint density at radius 3 is 2.71 bits per heavy atom. The van der Waals surface area contributed by atoms with Gasteiger partial charge in [0.2, 0.25) is 0 Å². The molecule has 17 heavy (non-hydrogen) atoms. The van der Waals surface area contributed by atoms with Gasteiger partial charge in [0, 0.05) is 18.7 Å². The van der Waals surface area contributed by atoms with Gasteiger partial charge in [-0.3, -0.25) is 4.79 Å². The number of carbonyl (C=O) groups is 1. The maximum Gasteiger partial charge on any atom is 0.254 e. The molecular formula is C12H17FN2O2. The fourth-order valence-corrected chi connectivity index (χ4v) is 1.55. The highest BCUT2D eigenvalue weighted by molar-refractivity contribution is 5.94. The topological polar surface area (TPSA) is 66.6 Å². The lowest BCUT2D eigenvalue weighted by atomic mass is 10.1. The summed E-state index contributed by atoms with van der Waals surface area (Å²) in [6, 6.07) is 3.98. The van der Waals surface area contributed by atoms with E-state index in [-0.39, 0.29) is 30.3 Å². The summed E-state index contributed by atoms with van der Waals surface area (Å²) in [7, 11) is 0. The van der Waals surface area contributed by atoms with Gasteiger partial charge >= 0.3 is 0 Å². The number of halogens is 1. The molecule has 0 bridgehead atoms. The van der Waals surface area contributed by atoms with Crippen molar-refractivity contribution in [2.24, 2.45) is 0 Å². The molecule has 0 spiro atoms. The number of anilines is 1. The average Bonchev–Trinajstić information content (AvgIpc) is 2.31. The van der Waals surface area contributed by atoms with Gasteiger partial charge in [0.05, 0.1) is 12.3 Å². The van der Waals surface area contributed by atoms with Crippen LogP contribution in [0, 0.1) is 5.82 Å². The molecular weight excluding hydrogens is 223 g/mol. The molecule has 0 heterocycles. The number of nitrogens with zero attached hydrogens (tertiary/aromatic N) is 1. The van der Waals surface area contributed by atoms with E-state index in [4.69, 9.17) is 10.8 Å². The van der Waals surface area contributed by atoms with Gasteiger partial charge in [-0.2, -0.15) is 0 Å². The lowest BCUT2D eigenvalue weighted by Crippen LogP contribution is -2.34. The summed E-state index contributed by atoms with van der Waals surface area (Å²) in [4.78, 5) is 13.5. The highest BCUT2D eigenvalue weighted by Crippen LogP contribution is 2.13. The van der Waals surface area contributed by atoms with E-state index in [0.717, 1.165) is 12.5 Å². The molecule has 0 aliphatic heterocycles. The van der Waals surface area contributed by atoms with Crippen molar-refractivity contribution in [1.82, 2.24) is 4.90 Å². The van der Waals surface area contributed by atoms with Crippen molar-refractivity contribution in [1.29, 1.82) is 0 Å². The maximum atomic E-state index is 13.2. The number of amides is 1. The van der Waals surface area contributed by atoms with Gasteiger partial charge in [0.25, 0.3) is 5.91 Å². The minimum atomic E-state index is -0.601. The van der Waals surface area contributed by atoms with E-state index in [1.807, 2.05) is 6.92 Å². The van der Waals surface area contributed by atoms with Crippen molar-refractivity contribution < 1.29 is 14.3 Å². The summed E-state index contributed by atoms with van der Waals surface area (Å²) < 4.78 is 13.2. The Hall–Kier alpha value is -1.62. The third kappa shape index (κ3) is 3.42. The number of rotatable bonds is 5. The van der Waals surface area contributed by atoms with Crippen molar-refractivity contribution in [3.63, 3.8) is 0 Å². The first-order chi connectivity index (χ1) is 8.10. The highest BCUT2D eigenvalue weighted by Gasteiger charge is 2.15. The predicted molar refractivity (Wildman–Crippen MR) is 64.1 cm³/mol. The molecule has 1 amide bonds. The molecule has 94 valence electrons. The van der Waals surface area contributed by atoms with Crippen molar-refractivity contribution in [3.05, 3.63) is 29.6 Å². The van der Waals surface area contributed by atoms with Crippen LogP contribution in [0.5, 0.6) is 0 Å². The average molecular weight is 240 g/mol. The molecule has 4 nitrogen and oxygen atoms in total. The first kappa shape index (κ1) is 13.4. The van der Waals surface area contributed by atoms with Crippen LogP contribution < -0.4 is 5.73 Å². The Labute approximate surface area is 99.8 Å². The van der Waals surface area contributed by atoms with Crippen molar-refractivity contribution in [2.75, 3.05) is 25.4 Å². The summed E-state index contributed by atoms with van der Waals surface area (Å²) in [5.74, 6) is -0.893. The van der Waals surface area contributed by atoms with E-state index in [9.17, 15) is 9.18 Å². The second-order valence-corrected chi connectivity index (χ2v) is 3.75. The van der Waals surface area contributed by atoms with Gasteiger partial charge in [0.1, 0.15) is 5.82 Å². The third-order valence-corrected chi connectivity index (χ3v) is 2.40. The van der Waals surface area contributed by atoms with Crippen molar-refractivity contribution >= 4 is 11.6 Å². The third-order valence-electron chi connectivity index (χ3n) is 2.40. The van der Waals surface area contributed by atoms with E-state index in [1.54, 1.807) is 0 Å². The molecule has 0 aliphatic rings. The van der Waals surface area contributed by atoms with Crippen LogP contribution >= 0.6 is 0 Å². The van der Waals surface area contributed by atoms with E-state index in [2.05, 4.69) is 0 Å². The zero-order chi connectivity index (χ0) is 12.8. The molecule has 0 aliphatic carbocycles. The first-order valence-electron chi connectivity index (χ1n) is 5.55. The summed E-state index contributed by atoms with van der Waals surface area (Å²) >= 11 is 0. The van der Waals surface area contributed by atoms with Crippen LogP contribution in [0.4, 0.5) is 10.1 Å². The van der Waals surface area contributed by atoms with Crippen molar-refractivity contribution in [3.8, 4) is 0 Å². The van der Waals surface area contributed by atoms with Gasteiger partial charge in [0.15, 0.2) is 0 Å². The number of aliphatic hydroxyl groups is 1. The van der Waals surface area contributed by atoms with Gasteiger partial charge in [-0.25, -0.2) is 4.39 Å². The molecule has 0 saturated carbocycles. The molecule has 0 aromatic heterocycles. The van der Waals surface area contributed by atoms with E-state index in [1.165, 1.54) is 17.0 Å². The molecule has 5 heteroatoms. The lowest BCUT2D eigenvalue weighted by Gasteiger charge is -2.21. The summed E-state index contributed by atoms with van der Waals surface area (Å²) in [6.45, 7) is 2.61. The van der Waals surface area contributed by atoms with Crippen LogP contribution in [0.15, 0.2) is 18.2 Å². The Kier molecular flexibility index (Phi) is 4.90. The molecule has 0 saturated heterocycles. The van der Waals surface area contributed by atoms with E-state index < -0.39 is 5.82 Å². The number of benzene rings is 1. The van der Waals surface area contributed by atoms with Crippen LogP contribution in [0.3, 0.4) is 0 Å². The largest absolute Gasteiger partial charge is 0.396 e. The Bertz CT molecular complexity index is 390. The van der Waals surface area contributed by atoms with Gasteiger partial charge in [-0.05, 0) is 24.6 Å². The second-order valence-electron chi connectivity index (χ2n) is 3.75. The number of nitrogen functional groups attached to an aromatic ring is 1. The highest BCUT2D eigenvalue weighted by atomic mass is 19.1. The minimum Gasteiger partial charge on any atom is -0.396 e. The van der Waals surface area contributed by atoms with Crippen LogP contribution in [0.25, 0.3) is 0 Å².